The van der Waals surface area contributed by atoms with Crippen molar-refractivity contribution in [3.05, 3.63) is 48.0 Å². The number of fused-ring (bicyclic) bond motifs is 1. The number of ether oxygens (including phenoxy) is 1. The summed E-state index contributed by atoms with van der Waals surface area (Å²) in [4.78, 5) is 11.9. The molecule has 2 N–H and O–H groups in total. The van der Waals surface area contributed by atoms with Crippen molar-refractivity contribution in [1.82, 2.24) is 10.6 Å². The van der Waals surface area contributed by atoms with E-state index in [4.69, 9.17) is 4.74 Å². The smallest absolute Gasteiger partial charge is 0.250 e. The predicted octanol–water partition coefficient (Wildman–Crippen LogP) is 1.49. The van der Waals surface area contributed by atoms with Crippen molar-refractivity contribution in [3.63, 3.8) is 0 Å². The monoisotopic (exact) mass is 284 g/mol. The minimum Gasteiger partial charge on any atom is -0.366 e. The third-order valence-corrected chi connectivity index (χ3v) is 3.75. The van der Waals surface area contributed by atoms with E-state index in [-0.39, 0.29) is 12.0 Å². The Balaban J connectivity index is 1.53. The van der Waals surface area contributed by atoms with Crippen molar-refractivity contribution < 1.29 is 9.53 Å². The quantitative estimate of drug-likeness (QED) is 0.894. The van der Waals surface area contributed by atoms with Gasteiger partial charge in [-0.3, -0.25) is 4.79 Å². The molecule has 2 aromatic rings. The molecular formula is C17H20N2O2. The van der Waals surface area contributed by atoms with Gasteiger partial charge >= 0.3 is 0 Å². The minimum atomic E-state index is -0.352. The van der Waals surface area contributed by atoms with Gasteiger partial charge in [0, 0.05) is 19.6 Å². The van der Waals surface area contributed by atoms with E-state index in [0.29, 0.717) is 19.7 Å². The van der Waals surface area contributed by atoms with Gasteiger partial charge in [-0.25, -0.2) is 0 Å². The summed E-state index contributed by atoms with van der Waals surface area (Å²) in [5, 5.41) is 8.58. The van der Waals surface area contributed by atoms with Crippen LogP contribution in [0.5, 0.6) is 0 Å². The van der Waals surface area contributed by atoms with Crippen LogP contribution in [0, 0.1) is 0 Å². The zero-order chi connectivity index (χ0) is 14.5. The van der Waals surface area contributed by atoms with Crippen LogP contribution in [0.4, 0.5) is 0 Å². The molecule has 1 atom stereocenters. The summed E-state index contributed by atoms with van der Waals surface area (Å²) in [7, 11) is 0. The summed E-state index contributed by atoms with van der Waals surface area (Å²) < 4.78 is 5.43. The highest BCUT2D eigenvalue weighted by molar-refractivity contribution is 5.83. The van der Waals surface area contributed by atoms with Crippen molar-refractivity contribution in [2.75, 3.05) is 26.2 Å². The summed E-state index contributed by atoms with van der Waals surface area (Å²) in [6.45, 7) is 2.66. The molecule has 1 unspecified atom stereocenters. The van der Waals surface area contributed by atoms with Crippen LogP contribution in [0.25, 0.3) is 10.8 Å². The molecule has 2 aromatic carbocycles. The first-order valence-corrected chi connectivity index (χ1v) is 7.41. The molecule has 21 heavy (non-hydrogen) atoms. The van der Waals surface area contributed by atoms with Crippen molar-refractivity contribution in [1.29, 1.82) is 0 Å². The summed E-state index contributed by atoms with van der Waals surface area (Å²) in [5.41, 5.74) is 1.23. The Labute approximate surface area is 124 Å². The fourth-order valence-corrected chi connectivity index (χ4v) is 2.57. The van der Waals surface area contributed by atoms with Crippen LogP contribution < -0.4 is 10.6 Å². The highest BCUT2D eigenvalue weighted by atomic mass is 16.5. The lowest BCUT2D eigenvalue weighted by atomic mass is 10.1. The zero-order valence-electron chi connectivity index (χ0n) is 12.0. The molecule has 4 nitrogen and oxygen atoms in total. The van der Waals surface area contributed by atoms with E-state index < -0.39 is 0 Å². The van der Waals surface area contributed by atoms with Crippen molar-refractivity contribution in [3.8, 4) is 0 Å². The molecule has 0 spiro atoms. The Hall–Kier alpha value is -1.91. The van der Waals surface area contributed by atoms with E-state index in [1.165, 1.54) is 16.3 Å². The van der Waals surface area contributed by atoms with E-state index in [1.807, 2.05) is 12.1 Å². The maximum Gasteiger partial charge on any atom is 0.250 e. The molecule has 1 aliphatic rings. The fraction of sp³-hybridized carbons (Fsp3) is 0.353. The summed E-state index contributed by atoms with van der Waals surface area (Å²) in [5.74, 6) is -0.0250. The summed E-state index contributed by atoms with van der Waals surface area (Å²) in [6, 6.07) is 14.7. The normalized spacial score (nSPS) is 18.6. The molecule has 1 saturated heterocycles. The van der Waals surface area contributed by atoms with Crippen molar-refractivity contribution >= 4 is 16.7 Å². The Morgan fingerprint density at radius 2 is 2.10 bits per heavy atom. The first kappa shape index (κ1) is 14.0. The maximum absolute atomic E-state index is 11.9. The molecule has 1 aliphatic heterocycles. The van der Waals surface area contributed by atoms with Gasteiger partial charge in [-0.2, -0.15) is 0 Å². The SMILES string of the molecule is O=C(NCCc1ccc2ccccc2c1)C1CNCCO1. The highest BCUT2D eigenvalue weighted by Crippen LogP contribution is 2.15. The molecule has 1 fully saturated rings. The molecule has 3 rings (SSSR count). The average Bonchev–Trinajstić information content (AvgIpc) is 2.55. The van der Waals surface area contributed by atoms with Gasteiger partial charge in [-0.05, 0) is 22.8 Å². The standard InChI is InChI=1S/C17H20N2O2/c20-17(16-12-18-9-10-21-16)19-8-7-13-5-6-14-3-1-2-4-15(14)11-13/h1-6,11,16,18H,7-10,12H2,(H,19,20). The second kappa shape index (κ2) is 6.70. The third-order valence-electron chi connectivity index (χ3n) is 3.75. The number of morpholine rings is 1. The third kappa shape index (κ3) is 3.60. The number of hydrogen-bond acceptors (Lipinski definition) is 3. The Kier molecular flexibility index (Phi) is 4.48. The van der Waals surface area contributed by atoms with Gasteiger partial charge < -0.3 is 15.4 Å². The number of benzene rings is 2. The van der Waals surface area contributed by atoms with Crippen LogP contribution in [0.15, 0.2) is 42.5 Å². The molecule has 0 saturated carbocycles. The van der Waals surface area contributed by atoms with Crippen LogP contribution in [-0.2, 0) is 16.0 Å². The molecule has 1 heterocycles. The molecule has 110 valence electrons. The average molecular weight is 284 g/mol. The van der Waals surface area contributed by atoms with Gasteiger partial charge in [0.25, 0.3) is 0 Å². The van der Waals surface area contributed by atoms with Gasteiger partial charge in [-0.1, -0.05) is 42.5 Å². The lowest BCUT2D eigenvalue weighted by Gasteiger charge is -2.22. The van der Waals surface area contributed by atoms with Gasteiger partial charge in [-0.15, -0.1) is 0 Å². The van der Waals surface area contributed by atoms with Crippen molar-refractivity contribution in [2.24, 2.45) is 0 Å². The van der Waals surface area contributed by atoms with Crippen LogP contribution in [0.2, 0.25) is 0 Å². The fourth-order valence-electron chi connectivity index (χ4n) is 2.57. The Bertz CT molecular complexity index is 621. The van der Waals surface area contributed by atoms with Crippen LogP contribution in [0.1, 0.15) is 5.56 Å². The Morgan fingerprint density at radius 1 is 1.24 bits per heavy atom. The van der Waals surface area contributed by atoms with E-state index in [1.54, 1.807) is 0 Å². The van der Waals surface area contributed by atoms with Crippen molar-refractivity contribution in [2.45, 2.75) is 12.5 Å². The molecule has 0 aliphatic carbocycles. The topological polar surface area (TPSA) is 50.4 Å². The first-order chi connectivity index (χ1) is 10.3. The second-order valence-corrected chi connectivity index (χ2v) is 5.29. The first-order valence-electron chi connectivity index (χ1n) is 7.41. The van der Waals surface area contributed by atoms with Gasteiger partial charge in [0.1, 0.15) is 6.10 Å². The molecule has 0 bridgehead atoms. The van der Waals surface area contributed by atoms with E-state index in [9.17, 15) is 4.79 Å². The van der Waals surface area contributed by atoms with E-state index >= 15 is 0 Å². The van der Waals surface area contributed by atoms with E-state index in [2.05, 4.69) is 41.0 Å². The number of nitrogens with one attached hydrogen (secondary N) is 2. The van der Waals surface area contributed by atoms with Crippen LogP contribution in [0.3, 0.4) is 0 Å². The lowest BCUT2D eigenvalue weighted by Crippen LogP contribution is -2.48. The molecule has 0 radical (unpaired) electrons. The predicted molar refractivity (Wildman–Crippen MR) is 83.3 cm³/mol. The van der Waals surface area contributed by atoms with Gasteiger partial charge in [0.15, 0.2) is 0 Å². The number of rotatable bonds is 4. The van der Waals surface area contributed by atoms with Crippen LogP contribution >= 0.6 is 0 Å². The van der Waals surface area contributed by atoms with Gasteiger partial charge in [0.05, 0.1) is 6.61 Å². The molecule has 1 amide bonds. The summed E-state index contributed by atoms with van der Waals surface area (Å²) >= 11 is 0. The van der Waals surface area contributed by atoms with Gasteiger partial charge in [0.2, 0.25) is 5.91 Å². The summed E-state index contributed by atoms with van der Waals surface area (Å²) in [6.07, 6.45) is 0.479. The largest absolute Gasteiger partial charge is 0.366 e. The number of amides is 1. The van der Waals surface area contributed by atoms with E-state index in [0.717, 1.165) is 13.0 Å². The number of carbonyl (C=O) groups excluding carboxylic acids is 1. The number of carbonyl (C=O) groups is 1. The molecule has 0 aromatic heterocycles. The molecule has 4 heteroatoms. The highest BCUT2D eigenvalue weighted by Gasteiger charge is 2.20. The zero-order valence-corrected chi connectivity index (χ0v) is 12.0. The second-order valence-electron chi connectivity index (χ2n) is 5.29. The van der Waals surface area contributed by atoms with Crippen LogP contribution in [-0.4, -0.2) is 38.3 Å². The Morgan fingerprint density at radius 3 is 2.90 bits per heavy atom. The maximum atomic E-state index is 11.9. The minimum absolute atomic E-state index is 0.0250. The number of hydrogen-bond donors (Lipinski definition) is 2. The molecular weight excluding hydrogens is 264 g/mol. The lowest BCUT2D eigenvalue weighted by molar-refractivity contribution is -0.134.